The number of thiophene rings is 7. The molecule has 55 heavy (non-hydrogen) atoms. The van der Waals surface area contributed by atoms with Crippen molar-refractivity contribution in [3.63, 3.8) is 0 Å². The van der Waals surface area contributed by atoms with E-state index >= 15 is 0 Å². The molecule has 0 aliphatic carbocycles. The lowest BCUT2D eigenvalue weighted by Gasteiger charge is -2.04. The van der Waals surface area contributed by atoms with Crippen LogP contribution in [-0.4, -0.2) is 0 Å². The van der Waals surface area contributed by atoms with Crippen molar-refractivity contribution in [1.29, 1.82) is 0 Å². The topological polar surface area (TPSA) is 0 Å². The van der Waals surface area contributed by atoms with Crippen molar-refractivity contribution in [2.45, 2.75) is 132 Å². The summed E-state index contributed by atoms with van der Waals surface area (Å²) in [7, 11) is 0. The van der Waals surface area contributed by atoms with Gasteiger partial charge in [0, 0.05) is 58.5 Å². The minimum atomic E-state index is 1.15. The van der Waals surface area contributed by atoms with Crippen molar-refractivity contribution >= 4 is 79.4 Å². The van der Waals surface area contributed by atoms with Gasteiger partial charge < -0.3 is 0 Å². The van der Waals surface area contributed by atoms with Crippen LogP contribution in [0, 0.1) is 27.7 Å². The average molecular weight is 857 g/mol. The summed E-state index contributed by atoms with van der Waals surface area (Å²) in [5.74, 6) is 0. The maximum Gasteiger partial charge on any atom is 0.0484 e. The second-order valence-corrected chi connectivity index (χ2v) is 22.1. The van der Waals surface area contributed by atoms with Crippen LogP contribution in [0.3, 0.4) is 0 Å². The van der Waals surface area contributed by atoms with Crippen molar-refractivity contribution in [3.05, 3.63) is 91.7 Å². The molecule has 0 atom stereocenters. The van der Waals surface area contributed by atoms with E-state index in [1.54, 1.807) is 22.3 Å². The number of aryl methyl sites for hydroxylation is 2. The van der Waals surface area contributed by atoms with Gasteiger partial charge in [-0.25, -0.2) is 0 Å². The fourth-order valence-corrected chi connectivity index (χ4v) is 16.6. The van der Waals surface area contributed by atoms with Crippen LogP contribution in [0.5, 0.6) is 0 Å². The highest BCUT2D eigenvalue weighted by Gasteiger charge is 2.24. The molecule has 0 fully saturated rings. The Morgan fingerprint density at radius 3 is 1.22 bits per heavy atom. The quantitative estimate of drug-likeness (QED) is 0.0807. The van der Waals surface area contributed by atoms with Gasteiger partial charge in [0.05, 0.1) is 0 Å². The van der Waals surface area contributed by atoms with Crippen LogP contribution in [0.4, 0.5) is 0 Å². The molecule has 0 unspecified atom stereocenters. The molecule has 0 saturated carbocycles. The van der Waals surface area contributed by atoms with Crippen molar-refractivity contribution in [1.82, 2.24) is 0 Å². The van der Waals surface area contributed by atoms with Gasteiger partial charge in [-0.05, 0) is 171 Å². The number of hydrogen-bond acceptors (Lipinski definition) is 7. The number of rotatable bonds is 18. The lowest BCUT2D eigenvalue weighted by Crippen LogP contribution is -1.88. The maximum absolute atomic E-state index is 2.43. The zero-order valence-electron chi connectivity index (χ0n) is 34.0. The Kier molecular flexibility index (Phi) is 13.9. The van der Waals surface area contributed by atoms with E-state index in [4.69, 9.17) is 0 Å². The molecule has 0 aliphatic rings. The molecule has 7 heterocycles. The van der Waals surface area contributed by atoms with Gasteiger partial charge in [0.25, 0.3) is 0 Å². The number of hydrogen-bond donors (Lipinski definition) is 0. The largest absolute Gasteiger partial charge is 0.142 e. The van der Waals surface area contributed by atoms with E-state index in [1.165, 1.54) is 145 Å². The highest BCUT2D eigenvalue weighted by molar-refractivity contribution is 7.31. The van der Waals surface area contributed by atoms with Gasteiger partial charge in [-0.15, -0.1) is 79.4 Å². The predicted molar refractivity (Wildman–Crippen MR) is 258 cm³/mol. The summed E-state index contributed by atoms with van der Waals surface area (Å²) < 4.78 is 0. The first-order valence-corrected chi connectivity index (χ1v) is 26.3. The Hall–Kier alpha value is -2.10. The van der Waals surface area contributed by atoms with E-state index in [0.717, 1.165) is 12.8 Å². The Morgan fingerprint density at radius 1 is 0.364 bits per heavy atom. The second kappa shape index (κ2) is 18.7. The third-order valence-electron chi connectivity index (χ3n) is 11.1. The monoisotopic (exact) mass is 856 g/mol. The molecule has 0 N–H and O–H groups in total. The summed E-state index contributed by atoms with van der Waals surface area (Å²) in [4.78, 5) is 17.5. The molecule has 0 saturated heterocycles. The molecule has 0 spiro atoms. The molecule has 0 radical (unpaired) electrons. The van der Waals surface area contributed by atoms with Gasteiger partial charge in [-0.3, -0.25) is 0 Å². The molecule has 0 aliphatic heterocycles. The molecule has 0 amide bonds. The molecule has 0 nitrogen and oxygen atoms in total. The van der Waals surface area contributed by atoms with Crippen LogP contribution in [0.2, 0.25) is 0 Å². The molecular weight excluding hydrogens is 801 g/mol. The van der Waals surface area contributed by atoms with Gasteiger partial charge in [-0.2, -0.15) is 0 Å². The van der Waals surface area contributed by atoms with Gasteiger partial charge in [0.1, 0.15) is 0 Å². The molecule has 7 heteroatoms. The Labute approximate surface area is 359 Å². The van der Waals surface area contributed by atoms with Gasteiger partial charge in [0.15, 0.2) is 0 Å². The Balaban J connectivity index is 1.22. The Morgan fingerprint density at radius 2 is 0.745 bits per heavy atom. The summed E-state index contributed by atoms with van der Waals surface area (Å²) in [5, 5.41) is 4.77. The molecular formula is C48H56S7. The normalized spacial score (nSPS) is 11.8. The lowest BCUT2D eigenvalue weighted by atomic mass is 10.0. The van der Waals surface area contributed by atoms with E-state index < -0.39 is 0 Å². The van der Waals surface area contributed by atoms with E-state index in [1.807, 2.05) is 79.4 Å². The van der Waals surface area contributed by atoms with Crippen molar-refractivity contribution in [2.24, 2.45) is 0 Å². The van der Waals surface area contributed by atoms with Gasteiger partial charge >= 0.3 is 0 Å². The van der Waals surface area contributed by atoms with Crippen LogP contribution in [0.25, 0.3) is 58.5 Å². The van der Waals surface area contributed by atoms with Gasteiger partial charge in [0.2, 0.25) is 0 Å². The first-order valence-electron chi connectivity index (χ1n) is 20.5. The van der Waals surface area contributed by atoms with E-state index in [0.29, 0.717) is 0 Å². The minimum Gasteiger partial charge on any atom is -0.142 e. The summed E-state index contributed by atoms with van der Waals surface area (Å²) in [5.41, 5.74) is 12.2. The first kappa shape index (κ1) is 41.1. The summed E-state index contributed by atoms with van der Waals surface area (Å²) in [6.07, 6.45) is 14.6. The fourth-order valence-electron chi connectivity index (χ4n) is 7.67. The van der Waals surface area contributed by atoms with Crippen molar-refractivity contribution in [2.75, 3.05) is 0 Å². The second-order valence-electron chi connectivity index (χ2n) is 15.1. The molecule has 0 aromatic carbocycles. The summed E-state index contributed by atoms with van der Waals surface area (Å²) in [6, 6.07) is 14.5. The molecule has 7 aromatic rings. The maximum atomic E-state index is 2.43. The zero-order valence-corrected chi connectivity index (χ0v) is 39.7. The highest BCUT2D eigenvalue weighted by atomic mass is 32.1. The van der Waals surface area contributed by atoms with E-state index in [2.05, 4.69) is 103 Å². The van der Waals surface area contributed by atoms with Crippen LogP contribution in [0.1, 0.15) is 124 Å². The predicted octanol–water partition coefficient (Wildman–Crippen LogP) is 18.7. The van der Waals surface area contributed by atoms with Gasteiger partial charge in [-0.1, -0.05) is 53.4 Å². The summed E-state index contributed by atoms with van der Waals surface area (Å²) >= 11 is 14.0. The van der Waals surface area contributed by atoms with Crippen molar-refractivity contribution < 1.29 is 0 Å². The number of unbranched alkanes of at least 4 members (excludes halogenated alkanes) is 4. The lowest BCUT2D eigenvalue weighted by molar-refractivity contribution is 0.794. The molecule has 290 valence electrons. The first-order chi connectivity index (χ1) is 26.8. The van der Waals surface area contributed by atoms with Crippen LogP contribution in [-0.2, 0) is 25.7 Å². The highest BCUT2D eigenvalue weighted by Crippen LogP contribution is 2.52. The SMILES string of the molecule is CCCCc1csc(-c2ccc(-c3sc(-c4ccc(-c5sc(-c6ccc(-c7scc(C)c7CCCC)s6)c(C)c5CCCC)s4)c(C)c3CCCC)s2)c1C. The van der Waals surface area contributed by atoms with Crippen LogP contribution in [0.15, 0.2) is 47.2 Å². The van der Waals surface area contributed by atoms with Crippen LogP contribution < -0.4 is 0 Å². The standard InChI is InChI=1S/C48H56S7/c1-9-13-17-33-28-50-43(30(33)6)37-21-25-41(51-37)47-35(19-15-11-3)32(8)45(55-47)39-23-26-42(53-39)48-36(20-16-12-4)31(7)44(54-48)38-22-24-40(52-38)46-34(18-14-10-2)29(5)27-49-46/h21-28H,9-20H2,1-8H3. The molecule has 0 bridgehead atoms. The fraction of sp³-hybridized carbons (Fsp3) is 0.417. The smallest absolute Gasteiger partial charge is 0.0484 e. The van der Waals surface area contributed by atoms with E-state index in [-0.39, 0.29) is 0 Å². The van der Waals surface area contributed by atoms with Crippen LogP contribution >= 0.6 is 79.4 Å². The van der Waals surface area contributed by atoms with Crippen molar-refractivity contribution in [3.8, 4) is 58.5 Å². The third kappa shape index (κ3) is 8.56. The molecule has 7 aromatic heterocycles. The average Bonchev–Trinajstić information content (AvgIpc) is 4.05. The molecule has 7 rings (SSSR count). The zero-order chi connectivity index (χ0) is 38.6. The Bertz CT molecular complexity index is 2330. The summed E-state index contributed by atoms with van der Waals surface area (Å²) in [6.45, 7) is 18.7. The minimum absolute atomic E-state index is 1.15. The third-order valence-corrected chi connectivity index (χ3v) is 20.4. The van der Waals surface area contributed by atoms with E-state index in [9.17, 15) is 0 Å².